The van der Waals surface area contributed by atoms with Gasteiger partial charge in [0.25, 0.3) is 0 Å². The lowest BCUT2D eigenvalue weighted by atomic mass is 9.87. The predicted octanol–water partition coefficient (Wildman–Crippen LogP) is 6.11. The molecule has 0 saturated carbocycles. The zero-order valence-electron chi connectivity index (χ0n) is 19.5. The molecule has 0 radical (unpaired) electrons. The van der Waals surface area contributed by atoms with Crippen molar-refractivity contribution in [1.82, 2.24) is 0 Å². The summed E-state index contributed by atoms with van der Waals surface area (Å²) in [5.41, 5.74) is 1.58. The summed E-state index contributed by atoms with van der Waals surface area (Å²) in [5, 5.41) is -1.99. The maximum Gasteiger partial charge on any atom is 0.437 e. The molecule has 0 unspecified atom stereocenters. The monoisotopic (exact) mass is 550 g/mol. The average molecular weight is 551 g/mol. The summed E-state index contributed by atoms with van der Waals surface area (Å²) < 4.78 is 96.5. The van der Waals surface area contributed by atoms with Gasteiger partial charge in [-0.15, -0.1) is 0 Å². The van der Waals surface area contributed by atoms with Crippen molar-refractivity contribution < 1.29 is 39.3 Å². The van der Waals surface area contributed by atoms with Crippen molar-refractivity contribution in [2.75, 3.05) is 0 Å². The Morgan fingerprint density at radius 1 is 0.694 bits per heavy atom. The summed E-state index contributed by atoms with van der Waals surface area (Å²) in [6.07, 6.45) is -4.90. The molecular weight excluding hydrogens is 525 g/mol. The van der Waals surface area contributed by atoms with Crippen LogP contribution >= 0.6 is 7.92 Å². The molecule has 36 heavy (non-hydrogen) atoms. The Balaban J connectivity index is 0.000000302. The molecule has 0 saturated heterocycles. The highest BCUT2D eigenvalue weighted by Gasteiger charge is 2.70. The third-order valence-electron chi connectivity index (χ3n) is 5.01. The van der Waals surface area contributed by atoms with E-state index in [0.29, 0.717) is 0 Å². The van der Waals surface area contributed by atoms with E-state index in [1.54, 1.807) is 0 Å². The molecule has 3 rings (SSSR count). The van der Waals surface area contributed by atoms with Crippen LogP contribution < -0.4 is 15.9 Å². The van der Waals surface area contributed by atoms with Crippen molar-refractivity contribution in [3.63, 3.8) is 0 Å². The van der Waals surface area contributed by atoms with Crippen LogP contribution in [-0.4, -0.2) is 30.6 Å². The molecule has 0 aliphatic heterocycles. The molecule has 0 heterocycles. The van der Waals surface area contributed by atoms with Crippen LogP contribution in [0, 0.1) is 0 Å². The van der Waals surface area contributed by atoms with Crippen LogP contribution in [0.2, 0.25) is 0 Å². The molecule has 0 aromatic heterocycles. The van der Waals surface area contributed by atoms with Crippen LogP contribution in [0.25, 0.3) is 0 Å². The first kappa shape index (κ1) is 29.8. The minimum absolute atomic E-state index is 0.195. The van der Waals surface area contributed by atoms with Crippen LogP contribution in [0.15, 0.2) is 84.9 Å². The fourth-order valence-electron chi connectivity index (χ4n) is 3.01. The van der Waals surface area contributed by atoms with Crippen molar-refractivity contribution in [3.8, 4) is 0 Å². The second-order valence-corrected chi connectivity index (χ2v) is 12.4. The van der Waals surface area contributed by atoms with Gasteiger partial charge in [0.1, 0.15) is 0 Å². The minimum atomic E-state index is -6.57. The summed E-state index contributed by atoms with van der Waals surface area (Å²) in [4.78, 5) is 0. The van der Waals surface area contributed by atoms with Crippen LogP contribution in [0.1, 0.15) is 26.3 Å². The van der Waals surface area contributed by atoms with E-state index in [2.05, 4.69) is 106 Å². The minimum Gasteiger partial charge on any atom is -0.281 e. The van der Waals surface area contributed by atoms with Gasteiger partial charge in [0, 0.05) is 0 Å². The van der Waals surface area contributed by atoms with Crippen LogP contribution in [0.3, 0.4) is 0 Å². The van der Waals surface area contributed by atoms with Crippen LogP contribution in [-0.2, 0) is 15.5 Å². The maximum atomic E-state index is 11.9. The van der Waals surface area contributed by atoms with Gasteiger partial charge >= 0.3 is 27.7 Å². The van der Waals surface area contributed by atoms with Gasteiger partial charge in [-0.25, -0.2) is 8.78 Å². The Morgan fingerprint density at radius 3 is 1.33 bits per heavy atom. The van der Waals surface area contributed by atoms with Gasteiger partial charge in [-0.05, 0) is 34.8 Å². The van der Waals surface area contributed by atoms with Crippen molar-refractivity contribution in [2.24, 2.45) is 0 Å². The molecule has 11 heteroatoms. The summed E-state index contributed by atoms with van der Waals surface area (Å²) in [6, 6.07) is 30.9. The van der Waals surface area contributed by atoms with Gasteiger partial charge in [-0.1, -0.05) is 106 Å². The lowest BCUT2D eigenvalue weighted by Gasteiger charge is -2.22. The van der Waals surface area contributed by atoms with E-state index < -0.39 is 35.6 Å². The molecule has 0 aliphatic carbocycles. The number of benzene rings is 3. The first-order valence-corrected chi connectivity index (χ1v) is 13.3. The number of halogens is 6. The van der Waals surface area contributed by atoms with Crippen molar-refractivity contribution in [2.45, 2.75) is 43.8 Å². The molecule has 1 N–H and O–H groups in total. The SMILES string of the molecule is CC(C)(C)c1ccc(P(c2ccccc2)c2ccccc2)cc1.O=S(=O)(O)C(F)(F)C(F)(F)C(F)F. The Kier molecular flexibility index (Phi) is 9.37. The third-order valence-corrected chi connectivity index (χ3v) is 8.37. The van der Waals surface area contributed by atoms with Gasteiger partial charge in [0.15, 0.2) is 0 Å². The van der Waals surface area contributed by atoms with Gasteiger partial charge < -0.3 is 0 Å². The average Bonchev–Trinajstić information content (AvgIpc) is 2.80. The molecule has 0 fully saturated rings. The molecule has 3 aromatic rings. The van der Waals surface area contributed by atoms with Gasteiger partial charge in [-0.3, -0.25) is 4.55 Å². The van der Waals surface area contributed by atoms with E-state index in [1.807, 2.05) is 0 Å². The second kappa shape index (κ2) is 11.3. The number of hydrogen-bond donors (Lipinski definition) is 1. The predicted molar refractivity (Wildman–Crippen MR) is 131 cm³/mol. The zero-order valence-corrected chi connectivity index (χ0v) is 21.3. The molecule has 3 nitrogen and oxygen atoms in total. The highest BCUT2D eigenvalue weighted by Crippen LogP contribution is 2.42. The fraction of sp³-hybridized carbons (Fsp3) is 0.280. The Labute approximate surface area is 207 Å². The molecule has 0 bridgehead atoms. The zero-order chi connectivity index (χ0) is 27.4. The molecule has 0 amide bonds. The summed E-state index contributed by atoms with van der Waals surface area (Å²) >= 11 is 0. The molecule has 196 valence electrons. The second-order valence-electron chi connectivity index (χ2n) is 8.72. The maximum absolute atomic E-state index is 11.9. The van der Waals surface area contributed by atoms with Gasteiger partial charge in [0.2, 0.25) is 0 Å². The summed E-state index contributed by atoms with van der Waals surface area (Å²) in [5.74, 6) is -6.12. The topological polar surface area (TPSA) is 54.4 Å². The van der Waals surface area contributed by atoms with E-state index in [1.165, 1.54) is 21.5 Å². The molecule has 0 atom stereocenters. The van der Waals surface area contributed by atoms with E-state index >= 15 is 0 Å². The number of hydrogen-bond acceptors (Lipinski definition) is 2. The summed E-state index contributed by atoms with van der Waals surface area (Å²) in [7, 11) is -7.06. The first-order chi connectivity index (χ1) is 16.5. The van der Waals surface area contributed by atoms with Crippen LogP contribution in [0.5, 0.6) is 0 Å². The standard InChI is InChI=1S/C22H23P.C3H2F6O3S/c1-22(2,3)18-14-16-21(17-15-18)23(19-10-6-4-7-11-19)20-12-8-5-9-13-20;4-1(5)2(6,7)3(8,9)13(10,11)12/h4-17H,1-3H3;1H,(H,10,11,12). The third kappa shape index (κ3) is 6.87. The van der Waals surface area contributed by atoms with E-state index in [9.17, 15) is 34.8 Å². The highest BCUT2D eigenvalue weighted by atomic mass is 32.2. The number of rotatable bonds is 6. The Bertz CT molecular complexity index is 1170. The molecular formula is C25H25F6O3PS. The normalized spacial score (nSPS) is 12.9. The highest BCUT2D eigenvalue weighted by molar-refractivity contribution is 7.87. The largest absolute Gasteiger partial charge is 0.437 e. The van der Waals surface area contributed by atoms with Gasteiger partial charge in [-0.2, -0.15) is 26.0 Å². The van der Waals surface area contributed by atoms with Gasteiger partial charge in [0.05, 0.1) is 0 Å². The molecule has 0 spiro atoms. The molecule has 0 aliphatic rings. The fourth-order valence-corrected chi connectivity index (χ4v) is 5.73. The van der Waals surface area contributed by atoms with Crippen molar-refractivity contribution in [1.29, 1.82) is 0 Å². The quantitative estimate of drug-likeness (QED) is 0.229. The van der Waals surface area contributed by atoms with E-state index in [0.717, 1.165) is 0 Å². The smallest absolute Gasteiger partial charge is 0.281 e. The lowest BCUT2D eigenvalue weighted by molar-refractivity contribution is -0.227. The summed E-state index contributed by atoms with van der Waals surface area (Å²) in [6.45, 7) is 6.79. The molecule has 3 aromatic carbocycles. The van der Waals surface area contributed by atoms with E-state index in [4.69, 9.17) is 4.55 Å². The Hall–Kier alpha value is -2.42. The van der Waals surface area contributed by atoms with Crippen molar-refractivity contribution in [3.05, 3.63) is 90.5 Å². The van der Waals surface area contributed by atoms with Crippen molar-refractivity contribution >= 4 is 34.0 Å². The van der Waals surface area contributed by atoms with E-state index in [-0.39, 0.29) is 5.41 Å². The first-order valence-electron chi connectivity index (χ1n) is 10.5. The Morgan fingerprint density at radius 2 is 1.06 bits per heavy atom. The number of alkyl halides is 6. The van der Waals surface area contributed by atoms with Crippen LogP contribution in [0.4, 0.5) is 26.3 Å². The lowest BCUT2D eigenvalue weighted by Crippen LogP contribution is -2.51.